The molecular weight excluding hydrogens is 411 g/mol. The summed E-state index contributed by atoms with van der Waals surface area (Å²) in [6, 6.07) is 8.59. The number of phenols is 1. The molecule has 0 aliphatic carbocycles. The number of allylic oxidation sites excluding steroid dienone is 1. The highest BCUT2D eigenvalue weighted by atomic mass is 19.1. The Morgan fingerprint density at radius 2 is 2.09 bits per heavy atom. The SMILES string of the molecule is C=C(c1ccc(-c2ccc(-c3ncn(C)c(=O)n3)cc2O)nn1)[C@H]1C[C@@H]2CC[C@@H](N2)[C@H]1F. The maximum Gasteiger partial charge on any atom is 0.350 e. The molecule has 0 radical (unpaired) electrons. The highest BCUT2D eigenvalue weighted by Crippen LogP contribution is 2.39. The van der Waals surface area contributed by atoms with Gasteiger partial charge in [0.25, 0.3) is 0 Å². The molecule has 5 rings (SSSR count). The maximum atomic E-state index is 14.9. The number of fused-ring (bicyclic) bond motifs is 2. The van der Waals surface area contributed by atoms with Gasteiger partial charge in [0.15, 0.2) is 5.82 Å². The largest absolute Gasteiger partial charge is 0.507 e. The summed E-state index contributed by atoms with van der Waals surface area (Å²) in [7, 11) is 1.56. The molecule has 0 saturated carbocycles. The molecule has 2 bridgehead atoms. The molecule has 0 spiro atoms. The molecule has 4 heterocycles. The van der Waals surface area contributed by atoms with Crippen LogP contribution in [0.3, 0.4) is 0 Å². The first kappa shape index (κ1) is 20.4. The van der Waals surface area contributed by atoms with Crippen LogP contribution in [-0.4, -0.2) is 48.1 Å². The van der Waals surface area contributed by atoms with Gasteiger partial charge in [0, 0.05) is 36.2 Å². The number of rotatable bonds is 4. The summed E-state index contributed by atoms with van der Waals surface area (Å²) in [5.41, 5.74) is 2.25. The van der Waals surface area contributed by atoms with Crippen LogP contribution in [0, 0.1) is 5.92 Å². The average Bonchev–Trinajstić information content (AvgIpc) is 3.21. The number of alkyl halides is 1. The van der Waals surface area contributed by atoms with E-state index in [2.05, 4.69) is 32.1 Å². The highest BCUT2D eigenvalue weighted by Gasteiger charge is 2.43. The second-order valence-electron chi connectivity index (χ2n) is 8.47. The van der Waals surface area contributed by atoms with Crippen molar-refractivity contribution in [1.82, 2.24) is 30.0 Å². The van der Waals surface area contributed by atoms with Crippen LogP contribution in [0.15, 0.2) is 48.0 Å². The van der Waals surface area contributed by atoms with Crippen molar-refractivity contribution in [2.45, 2.75) is 37.5 Å². The second-order valence-corrected chi connectivity index (χ2v) is 8.47. The maximum absolute atomic E-state index is 14.9. The van der Waals surface area contributed by atoms with E-state index in [0.717, 1.165) is 12.8 Å². The summed E-state index contributed by atoms with van der Waals surface area (Å²) in [6.07, 6.45) is 2.97. The Bertz CT molecular complexity index is 1240. The van der Waals surface area contributed by atoms with E-state index in [1.165, 1.54) is 17.0 Å². The summed E-state index contributed by atoms with van der Waals surface area (Å²) in [5, 5.41) is 22.4. The van der Waals surface area contributed by atoms with E-state index >= 15 is 0 Å². The van der Waals surface area contributed by atoms with Crippen LogP contribution in [-0.2, 0) is 7.05 Å². The minimum absolute atomic E-state index is 0.0357. The van der Waals surface area contributed by atoms with Crippen LogP contribution in [0.25, 0.3) is 28.2 Å². The van der Waals surface area contributed by atoms with Crippen LogP contribution in [0.5, 0.6) is 5.75 Å². The van der Waals surface area contributed by atoms with Crippen LogP contribution in [0.1, 0.15) is 25.0 Å². The van der Waals surface area contributed by atoms with E-state index < -0.39 is 11.9 Å². The molecule has 9 heteroatoms. The van der Waals surface area contributed by atoms with Crippen LogP contribution < -0.4 is 11.0 Å². The summed E-state index contributed by atoms with van der Waals surface area (Å²) in [6.45, 7) is 4.11. The van der Waals surface area contributed by atoms with Crippen molar-refractivity contribution in [3.63, 3.8) is 0 Å². The fourth-order valence-electron chi connectivity index (χ4n) is 4.59. The van der Waals surface area contributed by atoms with Crippen molar-refractivity contribution in [3.8, 4) is 28.4 Å². The van der Waals surface area contributed by atoms with Gasteiger partial charge in [0.2, 0.25) is 0 Å². The number of aromatic nitrogens is 5. The van der Waals surface area contributed by atoms with E-state index in [0.29, 0.717) is 40.6 Å². The summed E-state index contributed by atoms with van der Waals surface area (Å²) < 4.78 is 16.1. The van der Waals surface area contributed by atoms with Crippen LogP contribution in [0.2, 0.25) is 0 Å². The van der Waals surface area contributed by atoms with Crippen molar-refractivity contribution in [1.29, 1.82) is 0 Å². The first-order valence-corrected chi connectivity index (χ1v) is 10.6. The number of piperidine rings is 1. The smallest absolute Gasteiger partial charge is 0.350 e. The van der Waals surface area contributed by atoms with E-state index in [4.69, 9.17) is 0 Å². The van der Waals surface area contributed by atoms with Crippen molar-refractivity contribution in [3.05, 3.63) is 59.4 Å². The predicted octanol–water partition coefficient (Wildman–Crippen LogP) is 2.50. The average molecular weight is 434 g/mol. The van der Waals surface area contributed by atoms with Gasteiger partial charge in [-0.3, -0.25) is 4.57 Å². The monoisotopic (exact) mass is 434 g/mol. The van der Waals surface area contributed by atoms with Gasteiger partial charge >= 0.3 is 5.69 Å². The number of nitrogens with zero attached hydrogens (tertiary/aromatic N) is 5. The first-order valence-electron chi connectivity index (χ1n) is 10.6. The Balaban J connectivity index is 1.37. The van der Waals surface area contributed by atoms with Gasteiger partial charge in [-0.2, -0.15) is 10.1 Å². The molecule has 2 aliphatic heterocycles. The fourth-order valence-corrected chi connectivity index (χ4v) is 4.59. The highest BCUT2D eigenvalue weighted by molar-refractivity contribution is 5.72. The van der Waals surface area contributed by atoms with E-state index in [1.54, 1.807) is 31.3 Å². The zero-order valence-corrected chi connectivity index (χ0v) is 17.6. The van der Waals surface area contributed by atoms with E-state index in [-0.39, 0.29) is 23.5 Å². The van der Waals surface area contributed by atoms with E-state index in [9.17, 15) is 14.3 Å². The number of hydrogen-bond donors (Lipinski definition) is 2. The molecule has 2 aliphatic rings. The molecular formula is C23H23FN6O2. The number of halogens is 1. The summed E-state index contributed by atoms with van der Waals surface area (Å²) in [4.78, 5) is 19.8. The molecule has 2 fully saturated rings. The number of benzene rings is 1. The minimum Gasteiger partial charge on any atom is -0.507 e. The number of hydrogen-bond acceptors (Lipinski definition) is 7. The van der Waals surface area contributed by atoms with Crippen LogP contribution >= 0.6 is 0 Å². The van der Waals surface area contributed by atoms with Crippen LogP contribution in [0.4, 0.5) is 4.39 Å². The molecule has 2 aromatic heterocycles. The third-order valence-corrected chi connectivity index (χ3v) is 6.41. The normalized spacial score (nSPS) is 24.4. The molecule has 2 saturated heterocycles. The molecule has 4 atom stereocenters. The molecule has 3 aromatic rings. The Hall–Kier alpha value is -3.46. The number of nitrogens with one attached hydrogen (secondary N) is 1. The van der Waals surface area contributed by atoms with Gasteiger partial charge in [0.1, 0.15) is 18.2 Å². The Kier molecular flexibility index (Phi) is 5.05. The number of aromatic hydroxyl groups is 1. The second kappa shape index (κ2) is 7.90. The molecule has 0 amide bonds. The number of phenolic OH excluding ortho intramolecular Hbond substituents is 1. The van der Waals surface area contributed by atoms with Crippen molar-refractivity contribution < 1.29 is 9.50 Å². The number of aryl methyl sites for hydroxylation is 1. The zero-order valence-electron chi connectivity index (χ0n) is 17.6. The Labute approximate surface area is 183 Å². The molecule has 0 unspecified atom stereocenters. The van der Waals surface area contributed by atoms with Gasteiger partial charge in [-0.05, 0) is 49.1 Å². The molecule has 2 N–H and O–H groups in total. The third kappa shape index (κ3) is 3.58. The van der Waals surface area contributed by atoms with E-state index in [1.807, 2.05) is 0 Å². The predicted molar refractivity (Wildman–Crippen MR) is 117 cm³/mol. The van der Waals surface area contributed by atoms with Crippen molar-refractivity contribution in [2.75, 3.05) is 0 Å². The molecule has 1 aromatic carbocycles. The van der Waals surface area contributed by atoms with Gasteiger partial charge < -0.3 is 10.4 Å². The quantitative estimate of drug-likeness (QED) is 0.650. The molecule has 164 valence electrons. The Morgan fingerprint density at radius 1 is 1.25 bits per heavy atom. The minimum atomic E-state index is -0.976. The Morgan fingerprint density at radius 3 is 2.81 bits per heavy atom. The fraction of sp³-hybridized carbons (Fsp3) is 0.348. The lowest BCUT2D eigenvalue weighted by atomic mass is 9.83. The summed E-state index contributed by atoms with van der Waals surface area (Å²) >= 11 is 0. The topological polar surface area (TPSA) is 106 Å². The molecule has 32 heavy (non-hydrogen) atoms. The van der Waals surface area contributed by atoms with Gasteiger partial charge in [0.05, 0.1) is 11.4 Å². The third-order valence-electron chi connectivity index (χ3n) is 6.41. The van der Waals surface area contributed by atoms with Gasteiger partial charge in [-0.1, -0.05) is 12.6 Å². The zero-order chi connectivity index (χ0) is 22.4. The van der Waals surface area contributed by atoms with Crippen molar-refractivity contribution >= 4 is 5.57 Å². The summed E-state index contributed by atoms with van der Waals surface area (Å²) in [5.74, 6) is -0.0732. The lowest BCUT2D eigenvalue weighted by molar-refractivity contribution is 0.167. The van der Waals surface area contributed by atoms with Gasteiger partial charge in [-0.15, -0.1) is 5.10 Å². The lowest BCUT2D eigenvalue weighted by Crippen LogP contribution is -2.47. The van der Waals surface area contributed by atoms with Gasteiger partial charge in [-0.25, -0.2) is 14.2 Å². The standard InChI is InChI=1S/C23H23FN6O2/c1-12(16-10-14-4-6-19(26-14)21(16)24)17-7-8-18(29-28-17)15-5-3-13(9-20(15)31)22-25-11-30(2)23(32)27-22/h3,5,7-9,11,14,16,19,21,26,31H,1,4,6,10H2,2H3/t14-,16+,19+,21-/m0/s1. The first-order chi connectivity index (χ1) is 15.4. The molecule has 8 nitrogen and oxygen atoms in total. The lowest BCUT2D eigenvalue weighted by Gasteiger charge is -2.33. The van der Waals surface area contributed by atoms with Crippen molar-refractivity contribution in [2.24, 2.45) is 13.0 Å².